The van der Waals surface area contributed by atoms with Crippen LogP contribution in [0.25, 0.3) is 0 Å². The van der Waals surface area contributed by atoms with Gasteiger partial charge in [-0.05, 0) is 24.3 Å². The number of carbonyl (C=O) groups is 1. The molecule has 0 radical (unpaired) electrons. The van der Waals surface area contributed by atoms with Crippen LogP contribution in [0.4, 0.5) is 10.1 Å². The normalized spacial score (nSPS) is 24.5. The summed E-state index contributed by atoms with van der Waals surface area (Å²) < 4.78 is 35.4. The first-order valence-electron chi connectivity index (χ1n) is 5.99. The summed E-state index contributed by atoms with van der Waals surface area (Å²) in [5.74, 6) is -0.872. The minimum Gasteiger partial charge on any atom is -0.325 e. The Morgan fingerprint density at radius 1 is 1.30 bits per heavy atom. The maximum atomic E-state index is 12.7. The quantitative estimate of drug-likeness (QED) is 0.803. The highest BCUT2D eigenvalue weighted by Crippen LogP contribution is 2.17. The van der Waals surface area contributed by atoms with Gasteiger partial charge in [0.1, 0.15) is 5.82 Å². The summed E-state index contributed by atoms with van der Waals surface area (Å²) in [6.07, 6.45) is 0. The average molecular weight is 321 g/mol. The lowest BCUT2D eigenvalue weighted by Crippen LogP contribution is -2.41. The molecule has 5 nitrogen and oxygen atoms in total. The van der Waals surface area contributed by atoms with Crippen molar-refractivity contribution in [2.75, 3.05) is 23.4 Å². The number of alkyl halides is 1. The molecule has 0 aliphatic carbocycles. The molecule has 2 unspecified atom stereocenters. The van der Waals surface area contributed by atoms with Crippen LogP contribution in [0.1, 0.15) is 0 Å². The van der Waals surface area contributed by atoms with E-state index in [9.17, 15) is 17.6 Å². The average Bonchev–Trinajstić information content (AvgIpc) is 2.63. The molecule has 8 heteroatoms. The van der Waals surface area contributed by atoms with E-state index in [2.05, 4.69) is 10.6 Å². The Morgan fingerprint density at radius 2 is 1.95 bits per heavy atom. The van der Waals surface area contributed by atoms with E-state index in [4.69, 9.17) is 11.6 Å². The standard InChI is InChI=1S/C12H14ClFN2O3S/c13-10-6-20(18,19)7-11(10)15-5-12(17)16-9-3-1-8(14)2-4-9/h1-4,10-11,15H,5-7H2,(H,16,17). The topological polar surface area (TPSA) is 75.3 Å². The largest absolute Gasteiger partial charge is 0.325 e. The highest BCUT2D eigenvalue weighted by molar-refractivity contribution is 7.91. The number of amides is 1. The Kier molecular flexibility index (Phi) is 4.62. The molecule has 20 heavy (non-hydrogen) atoms. The molecule has 1 amide bonds. The van der Waals surface area contributed by atoms with Gasteiger partial charge in [0.15, 0.2) is 9.84 Å². The Labute approximate surface area is 121 Å². The summed E-state index contributed by atoms with van der Waals surface area (Å²) >= 11 is 5.91. The monoisotopic (exact) mass is 320 g/mol. The molecule has 2 rings (SSSR count). The number of benzene rings is 1. The summed E-state index contributed by atoms with van der Waals surface area (Å²) in [5.41, 5.74) is 0.472. The molecule has 1 aromatic carbocycles. The maximum Gasteiger partial charge on any atom is 0.238 e. The predicted molar refractivity (Wildman–Crippen MR) is 75.1 cm³/mol. The molecule has 2 atom stereocenters. The van der Waals surface area contributed by atoms with Crippen molar-refractivity contribution in [1.29, 1.82) is 0 Å². The van der Waals surface area contributed by atoms with Crippen LogP contribution in [0.15, 0.2) is 24.3 Å². The molecule has 1 aliphatic heterocycles. The van der Waals surface area contributed by atoms with Crippen LogP contribution in [-0.4, -0.2) is 43.8 Å². The van der Waals surface area contributed by atoms with Crippen molar-refractivity contribution in [3.05, 3.63) is 30.1 Å². The molecule has 110 valence electrons. The van der Waals surface area contributed by atoms with Crippen LogP contribution in [-0.2, 0) is 14.6 Å². The van der Waals surface area contributed by atoms with Crippen LogP contribution in [0, 0.1) is 5.82 Å². The van der Waals surface area contributed by atoms with Gasteiger partial charge in [-0.3, -0.25) is 4.79 Å². The van der Waals surface area contributed by atoms with E-state index in [1.807, 2.05) is 0 Å². The molecule has 1 saturated heterocycles. The van der Waals surface area contributed by atoms with Crippen molar-refractivity contribution in [3.8, 4) is 0 Å². The van der Waals surface area contributed by atoms with Crippen molar-refractivity contribution in [1.82, 2.24) is 5.32 Å². The van der Waals surface area contributed by atoms with Crippen LogP contribution < -0.4 is 10.6 Å². The number of hydrogen-bond donors (Lipinski definition) is 2. The van der Waals surface area contributed by atoms with E-state index < -0.39 is 21.3 Å². The molecular weight excluding hydrogens is 307 g/mol. The Hall–Kier alpha value is -1.18. The summed E-state index contributed by atoms with van der Waals surface area (Å²) in [4.78, 5) is 11.7. The van der Waals surface area contributed by atoms with Gasteiger partial charge < -0.3 is 10.6 Å². The molecule has 0 spiro atoms. The third kappa shape index (κ3) is 4.16. The molecule has 0 bridgehead atoms. The van der Waals surface area contributed by atoms with Gasteiger partial charge >= 0.3 is 0 Å². The molecule has 1 fully saturated rings. The molecule has 0 saturated carbocycles. The number of rotatable bonds is 4. The van der Waals surface area contributed by atoms with E-state index in [1.54, 1.807) is 0 Å². The van der Waals surface area contributed by atoms with Crippen molar-refractivity contribution < 1.29 is 17.6 Å². The molecule has 1 aromatic rings. The second-order valence-electron chi connectivity index (χ2n) is 4.64. The number of sulfone groups is 1. The highest BCUT2D eigenvalue weighted by Gasteiger charge is 2.36. The zero-order valence-corrected chi connectivity index (χ0v) is 12.0. The lowest BCUT2D eigenvalue weighted by Gasteiger charge is -2.14. The first-order valence-corrected chi connectivity index (χ1v) is 8.25. The fourth-order valence-corrected chi connectivity index (χ4v) is 4.56. The van der Waals surface area contributed by atoms with Crippen LogP contribution in [0.2, 0.25) is 0 Å². The Bertz CT molecular complexity index is 591. The van der Waals surface area contributed by atoms with Gasteiger partial charge in [0.2, 0.25) is 5.91 Å². The first kappa shape index (κ1) is 15.2. The second kappa shape index (κ2) is 6.07. The summed E-state index contributed by atoms with van der Waals surface area (Å²) in [7, 11) is -3.12. The zero-order chi connectivity index (χ0) is 14.8. The number of halogens is 2. The van der Waals surface area contributed by atoms with Gasteiger partial charge in [-0.25, -0.2) is 12.8 Å². The minimum atomic E-state index is -3.12. The van der Waals surface area contributed by atoms with Crippen molar-refractivity contribution in [2.24, 2.45) is 0 Å². The molecular formula is C12H14ClFN2O3S. The second-order valence-corrected chi connectivity index (χ2v) is 7.35. The van der Waals surface area contributed by atoms with E-state index in [-0.39, 0.29) is 29.8 Å². The smallest absolute Gasteiger partial charge is 0.238 e. The number of nitrogens with one attached hydrogen (secondary N) is 2. The fourth-order valence-electron chi connectivity index (χ4n) is 1.95. The first-order chi connectivity index (χ1) is 9.35. The lowest BCUT2D eigenvalue weighted by atomic mass is 10.2. The summed E-state index contributed by atoms with van der Waals surface area (Å²) in [5, 5.41) is 4.86. The minimum absolute atomic E-state index is 0.0548. The van der Waals surface area contributed by atoms with Gasteiger partial charge in [0.05, 0.1) is 23.4 Å². The van der Waals surface area contributed by atoms with E-state index in [0.717, 1.165) is 0 Å². The SMILES string of the molecule is O=C(CNC1CS(=O)(=O)CC1Cl)Nc1ccc(F)cc1. The summed E-state index contributed by atoms with van der Waals surface area (Å²) in [6, 6.07) is 4.93. The number of carbonyl (C=O) groups excluding carboxylic acids is 1. The number of anilines is 1. The van der Waals surface area contributed by atoms with Gasteiger partial charge in [0.25, 0.3) is 0 Å². The van der Waals surface area contributed by atoms with Crippen LogP contribution >= 0.6 is 11.6 Å². The van der Waals surface area contributed by atoms with Gasteiger partial charge in [-0.2, -0.15) is 0 Å². The van der Waals surface area contributed by atoms with Gasteiger partial charge in [0, 0.05) is 11.7 Å². The van der Waals surface area contributed by atoms with Gasteiger partial charge in [-0.15, -0.1) is 11.6 Å². The lowest BCUT2D eigenvalue weighted by molar-refractivity contribution is -0.115. The summed E-state index contributed by atoms with van der Waals surface area (Å²) in [6.45, 7) is -0.0548. The van der Waals surface area contributed by atoms with Crippen LogP contribution in [0.3, 0.4) is 0 Å². The predicted octanol–water partition coefficient (Wildman–Crippen LogP) is 0.758. The van der Waals surface area contributed by atoms with E-state index in [0.29, 0.717) is 5.69 Å². The van der Waals surface area contributed by atoms with Crippen molar-refractivity contribution in [2.45, 2.75) is 11.4 Å². The van der Waals surface area contributed by atoms with Crippen molar-refractivity contribution in [3.63, 3.8) is 0 Å². The van der Waals surface area contributed by atoms with Crippen molar-refractivity contribution >= 4 is 33.0 Å². The van der Waals surface area contributed by atoms with Gasteiger partial charge in [-0.1, -0.05) is 0 Å². The van der Waals surface area contributed by atoms with E-state index in [1.165, 1.54) is 24.3 Å². The third-order valence-corrected chi connectivity index (χ3v) is 5.31. The molecule has 1 aliphatic rings. The number of hydrogen-bond acceptors (Lipinski definition) is 4. The van der Waals surface area contributed by atoms with Crippen LogP contribution in [0.5, 0.6) is 0 Å². The van der Waals surface area contributed by atoms with E-state index >= 15 is 0 Å². The Balaban J connectivity index is 1.82. The fraction of sp³-hybridized carbons (Fsp3) is 0.417. The molecule has 2 N–H and O–H groups in total. The Morgan fingerprint density at radius 3 is 2.50 bits per heavy atom. The maximum absolute atomic E-state index is 12.7. The highest BCUT2D eigenvalue weighted by atomic mass is 35.5. The third-order valence-electron chi connectivity index (χ3n) is 2.94. The molecule has 1 heterocycles. The molecule has 0 aromatic heterocycles. The zero-order valence-electron chi connectivity index (χ0n) is 10.5.